The smallest absolute Gasteiger partial charge is 0.306 e. The minimum atomic E-state index is -0.781. The number of hydrogen-bond acceptors (Lipinski definition) is 6. The lowest BCUT2D eigenvalue weighted by Crippen LogP contribution is -2.30. The van der Waals surface area contributed by atoms with Gasteiger partial charge < -0.3 is 14.2 Å². The molecule has 0 bridgehead atoms. The Kier molecular flexibility index (Phi) is 68.1. The maximum absolute atomic E-state index is 13.0. The van der Waals surface area contributed by atoms with Gasteiger partial charge in [-0.25, -0.2) is 0 Å². The van der Waals surface area contributed by atoms with E-state index in [0.717, 1.165) is 77.0 Å². The Bertz CT molecular complexity index is 1460. The van der Waals surface area contributed by atoms with Gasteiger partial charge in [-0.1, -0.05) is 319 Å². The summed E-state index contributed by atoms with van der Waals surface area (Å²) in [4.78, 5) is 38.5. The molecule has 0 saturated carbocycles. The summed E-state index contributed by atoms with van der Waals surface area (Å²) in [5.41, 5.74) is 0. The summed E-state index contributed by atoms with van der Waals surface area (Å²) in [5.74, 6) is -0.863. The molecule has 1 atom stereocenters. The molecule has 82 heavy (non-hydrogen) atoms. The van der Waals surface area contributed by atoms with Gasteiger partial charge in [-0.3, -0.25) is 14.4 Å². The highest BCUT2D eigenvalue weighted by Crippen LogP contribution is 2.18. The zero-order valence-corrected chi connectivity index (χ0v) is 55.0. The van der Waals surface area contributed by atoms with Crippen LogP contribution in [0.2, 0.25) is 0 Å². The van der Waals surface area contributed by atoms with Gasteiger partial charge in [0, 0.05) is 19.3 Å². The van der Waals surface area contributed by atoms with Crippen LogP contribution in [0, 0.1) is 0 Å². The molecule has 0 amide bonds. The molecule has 6 heteroatoms. The third-order valence-electron chi connectivity index (χ3n) is 16.2. The van der Waals surface area contributed by atoms with Crippen molar-refractivity contribution in [2.24, 2.45) is 0 Å². The maximum Gasteiger partial charge on any atom is 0.306 e. The van der Waals surface area contributed by atoms with E-state index in [-0.39, 0.29) is 31.1 Å². The topological polar surface area (TPSA) is 78.9 Å². The Balaban J connectivity index is 4.26. The molecule has 0 N–H and O–H groups in total. The summed E-state index contributed by atoms with van der Waals surface area (Å²) in [6, 6.07) is 0. The highest BCUT2D eigenvalue weighted by Gasteiger charge is 2.19. The van der Waals surface area contributed by atoms with Crippen LogP contribution in [0.3, 0.4) is 0 Å². The summed E-state index contributed by atoms with van der Waals surface area (Å²) in [6.45, 7) is 6.66. The molecule has 0 aliphatic carbocycles. The number of rotatable bonds is 67. The number of unbranched alkanes of at least 4 members (excludes halogenated alkanes) is 46. The number of allylic oxidation sites excluding steroid dienone is 10. The largest absolute Gasteiger partial charge is 0.462 e. The number of ether oxygens (including phenoxy) is 3. The molecule has 0 aromatic carbocycles. The van der Waals surface area contributed by atoms with Gasteiger partial charge in [-0.05, 0) is 109 Å². The quantitative estimate of drug-likeness (QED) is 0.0261. The van der Waals surface area contributed by atoms with E-state index in [2.05, 4.69) is 81.5 Å². The van der Waals surface area contributed by atoms with Crippen molar-refractivity contribution >= 4 is 17.9 Å². The van der Waals surface area contributed by atoms with Gasteiger partial charge in [0.1, 0.15) is 13.2 Å². The van der Waals surface area contributed by atoms with Crippen molar-refractivity contribution < 1.29 is 28.6 Å². The minimum Gasteiger partial charge on any atom is -0.462 e. The highest BCUT2D eigenvalue weighted by molar-refractivity contribution is 5.71. The fourth-order valence-electron chi connectivity index (χ4n) is 10.7. The fourth-order valence-corrected chi connectivity index (χ4v) is 10.7. The summed E-state index contributed by atoms with van der Waals surface area (Å²) in [6.07, 6.45) is 91.1. The Morgan fingerprint density at radius 1 is 0.244 bits per heavy atom. The van der Waals surface area contributed by atoms with Crippen LogP contribution in [-0.4, -0.2) is 37.2 Å². The molecular weight excluding hydrogens is 1010 g/mol. The van der Waals surface area contributed by atoms with Crippen LogP contribution in [0.5, 0.6) is 0 Å². The van der Waals surface area contributed by atoms with E-state index in [1.54, 1.807) is 0 Å². The van der Waals surface area contributed by atoms with E-state index in [9.17, 15) is 14.4 Å². The predicted molar refractivity (Wildman–Crippen MR) is 358 cm³/mol. The zero-order valence-electron chi connectivity index (χ0n) is 55.0. The van der Waals surface area contributed by atoms with Crippen LogP contribution in [-0.2, 0) is 28.6 Å². The minimum absolute atomic E-state index is 0.0753. The molecule has 0 aromatic rings. The van der Waals surface area contributed by atoms with E-state index in [0.29, 0.717) is 19.3 Å². The average molecular weight is 1150 g/mol. The van der Waals surface area contributed by atoms with Crippen LogP contribution < -0.4 is 0 Å². The summed E-state index contributed by atoms with van der Waals surface area (Å²) >= 11 is 0. The van der Waals surface area contributed by atoms with Gasteiger partial charge in [0.05, 0.1) is 0 Å². The molecule has 478 valence electrons. The molecule has 0 aliphatic rings. The van der Waals surface area contributed by atoms with Crippen molar-refractivity contribution in [3.8, 4) is 0 Å². The van der Waals surface area contributed by atoms with E-state index >= 15 is 0 Å². The third-order valence-corrected chi connectivity index (χ3v) is 16.2. The first-order chi connectivity index (χ1) is 40.5. The number of hydrogen-bond donors (Lipinski definition) is 0. The molecule has 0 fully saturated rings. The first-order valence-corrected chi connectivity index (χ1v) is 36.3. The SMILES string of the molecule is CCCCCC/C=C\C/C=C\CCCCCCCCCC(=O)OC(COC(=O)CCCCCCCCC/C=C\CCCCCCCC)COC(=O)CCCCCCCCCCCCCCCCCCC/C=C\C/C=C\CCCCCCC. The Morgan fingerprint density at radius 3 is 0.695 bits per heavy atom. The van der Waals surface area contributed by atoms with Gasteiger partial charge in [-0.2, -0.15) is 0 Å². The molecule has 0 saturated heterocycles. The van der Waals surface area contributed by atoms with Gasteiger partial charge in [0.25, 0.3) is 0 Å². The van der Waals surface area contributed by atoms with E-state index in [1.165, 1.54) is 270 Å². The van der Waals surface area contributed by atoms with Crippen LogP contribution in [0.15, 0.2) is 60.8 Å². The van der Waals surface area contributed by atoms with Crippen LogP contribution in [0.4, 0.5) is 0 Å². The molecule has 6 nitrogen and oxygen atoms in total. The Labute approximate surface area is 510 Å². The van der Waals surface area contributed by atoms with Gasteiger partial charge in [0.15, 0.2) is 6.10 Å². The molecule has 0 rings (SSSR count). The second-order valence-electron chi connectivity index (χ2n) is 24.5. The lowest BCUT2D eigenvalue weighted by Gasteiger charge is -2.18. The predicted octanol–water partition coefficient (Wildman–Crippen LogP) is 25.1. The van der Waals surface area contributed by atoms with E-state index in [4.69, 9.17) is 14.2 Å². The average Bonchev–Trinajstić information content (AvgIpc) is 3.47. The maximum atomic E-state index is 13.0. The van der Waals surface area contributed by atoms with Gasteiger partial charge in [0.2, 0.25) is 0 Å². The molecule has 0 aliphatic heterocycles. The highest BCUT2D eigenvalue weighted by atomic mass is 16.6. The Hall–Kier alpha value is -2.89. The van der Waals surface area contributed by atoms with Crippen molar-refractivity contribution in [1.82, 2.24) is 0 Å². The number of carbonyl (C=O) groups excluding carboxylic acids is 3. The second-order valence-corrected chi connectivity index (χ2v) is 24.5. The van der Waals surface area contributed by atoms with E-state index in [1.807, 2.05) is 0 Å². The van der Waals surface area contributed by atoms with Crippen molar-refractivity contribution in [1.29, 1.82) is 0 Å². The van der Waals surface area contributed by atoms with Crippen LogP contribution in [0.1, 0.15) is 387 Å². The van der Waals surface area contributed by atoms with Crippen molar-refractivity contribution in [3.05, 3.63) is 60.8 Å². The fraction of sp³-hybridized carbons (Fsp3) is 0.829. The molecular formula is C76H138O6. The lowest BCUT2D eigenvalue weighted by atomic mass is 10.0. The van der Waals surface area contributed by atoms with E-state index < -0.39 is 6.10 Å². The first kappa shape index (κ1) is 79.1. The summed E-state index contributed by atoms with van der Waals surface area (Å²) in [7, 11) is 0. The van der Waals surface area contributed by atoms with Crippen molar-refractivity contribution in [2.75, 3.05) is 13.2 Å². The van der Waals surface area contributed by atoms with Crippen LogP contribution >= 0.6 is 0 Å². The Morgan fingerprint density at radius 2 is 0.439 bits per heavy atom. The summed E-state index contributed by atoms with van der Waals surface area (Å²) in [5, 5.41) is 0. The zero-order chi connectivity index (χ0) is 59.2. The number of carbonyl (C=O) groups is 3. The van der Waals surface area contributed by atoms with Crippen molar-refractivity contribution in [2.45, 2.75) is 393 Å². The second kappa shape index (κ2) is 70.6. The number of esters is 3. The van der Waals surface area contributed by atoms with Gasteiger partial charge >= 0.3 is 17.9 Å². The molecule has 1 unspecified atom stereocenters. The monoisotopic (exact) mass is 1150 g/mol. The standard InChI is InChI=1S/C76H138O6/c1-4-7-10-13-16-19-22-25-28-31-33-34-35-36-37-38-39-40-41-42-43-46-48-51-54-57-60-63-66-69-75(78)81-72-73(71-80-74(77)68-65-62-59-56-53-50-47-44-30-27-24-21-18-15-12-9-6-3)82-76(79)70-67-64-61-58-55-52-49-45-32-29-26-23-20-17-14-11-8-5-2/h20,22-23,25,27,29-33,73H,4-19,21,24,26,28,34-72H2,1-3H3/b23-20-,25-22-,30-27-,32-29-,33-31-. The molecule has 0 radical (unpaired) electrons. The third kappa shape index (κ3) is 67.9. The molecule has 0 spiro atoms. The van der Waals surface area contributed by atoms with Crippen LogP contribution in [0.25, 0.3) is 0 Å². The van der Waals surface area contributed by atoms with Crippen molar-refractivity contribution in [3.63, 3.8) is 0 Å². The molecule has 0 heterocycles. The summed E-state index contributed by atoms with van der Waals surface area (Å²) < 4.78 is 17.0. The molecule has 0 aromatic heterocycles. The first-order valence-electron chi connectivity index (χ1n) is 36.3. The lowest BCUT2D eigenvalue weighted by molar-refractivity contribution is -0.167. The van der Waals surface area contributed by atoms with Gasteiger partial charge in [-0.15, -0.1) is 0 Å². The normalized spacial score (nSPS) is 12.4.